The number of methoxy groups -OCH3 is 1. The summed E-state index contributed by atoms with van der Waals surface area (Å²) in [5, 5.41) is 10.2. The number of nitrogens with one attached hydrogen (secondary N) is 5. The predicted molar refractivity (Wildman–Crippen MR) is 156 cm³/mol. The standard InChI is InChI=1S/C30H32N6O5/c1-16-14-32-29(39)24(33-17(2)37)12-20-18-8-4-6-10-22(18)35-27(20)28-21(19-9-5-7-11-23(19)36-28)13-25(30(40)41-3)34-26(38)15-31-16/h4-11,24-25,35-36H,12-15H2,1-3H3,(H,32,39)(H,33,37)(H,34,38)/t24-,25-/m0/s1. The first kappa shape index (κ1) is 27.6. The highest BCUT2D eigenvalue weighted by Crippen LogP contribution is 2.37. The first-order valence-electron chi connectivity index (χ1n) is 13.4. The average Bonchev–Trinajstić information content (AvgIpc) is 3.51. The van der Waals surface area contributed by atoms with E-state index in [0.29, 0.717) is 11.4 Å². The van der Waals surface area contributed by atoms with Crippen LogP contribution in [0.1, 0.15) is 25.0 Å². The van der Waals surface area contributed by atoms with Gasteiger partial charge in [-0.3, -0.25) is 19.4 Å². The molecule has 2 aromatic heterocycles. The zero-order chi connectivity index (χ0) is 29.1. The van der Waals surface area contributed by atoms with Crippen molar-refractivity contribution in [1.82, 2.24) is 25.9 Å². The van der Waals surface area contributed by atoms with E-state index in [1.54, 1.807) is 6.92 Å². The zero-order valence-electron chi connectivity index (χ0n) is 23.1. The number of esters is 1. The summed E-state index contributed by atoms with van der Waals surface area (Å²) in [6, 6.07) is 13.6. The van der Waals surface area contributed by atoms with Crippen molar-refractivity contribution in [2.75, 3.05) is 20.2 Å². The smallest absolute Gasteiger partial charge is 0.328 e. The third-order valence-electron chi connectivity index (χ3n) is 7.22. The van der Waals surface area contributed by atoms with Crippen LogP contribution in [0.2, 0.25) is 0 Å². The Hall–Kier alpha value is -4.93. The molecule has 0 aliphatic carbocycles. The number of fused-ring (bicyclic) bond motifs is 7. The Kier molecular flexibility index (Phi) is 7.86. The minimum atomic E-state index is -0.964. The van der Waals surface area contributed by atoms with Gasteiger partial charge in [0.1, 0.15) is 18.6 Å². The van der Waals surface area contributed by atoms with Gasteiger partial charge in [-0.1, -0.05) is 36.4 Å². The second-order valence-corrected chi connectivity index (χ2v) is 10.1. The number of hydrogen-bond acceptors (Lipinski definition) is 6. The molecular weight excluding hydrogens is 524 g/mol. The summed E-state index contributed by atoms with van der Waals surface area (Å²) in [5.74, 6) is -1.74. The number of amides is 3. The van der Waals surface area contributed by atoms with Gasteiger partial charge in [-0.05, 0) is 30.2 Å². The molecule has 0 saturated carbocycles. The molecule has 212 valence electrons. The van der Waals surface area contributed by atoms with Crippen LogP contribution in [-0.2, 0) is 36.8 Å². The minimum Gasteiger partial charge on any atom is -0.467 e. The second-order valence-electron chi connectivity index (χ2n) is 10.1. The van der Waals surface area contributed by atoms with Crippen LogP contribution in [-0.4, -0.2) is 71.7 Å². The molecule has 41 heavy (non-hydrogen) atoms. The molecule has 0 spiro atoms. The number of carbonyl (C=O) groups is 4. The van der Waals surface area contributed by atoms with Crippen molar-refractivity contribution in [2.24, 2.45) is 4.99 Å². The number of aromatic amines is 2. The molecule has 3 heterocycles. The van der Waals surface area contributed by atoms with E-state index < -0.39 is 24.0 Å². The number of rotatable bonds is 2. The second kappa shape index (κ2) is 11.7. The van der Waals surface area contributed by atoms with E-state index in [4.69, 9.17) is 4.74 Å². The molecule has 0 unspecified atom stereocenters. The van der Waals surface area contributed by atoms with E-state index in [2.05, 4.69) is 30.9 Å². The molecule has 4 aromatic rings. The Balaban J connectivity index is 1.74. The van der Waals surface area contributed by atoms with Gasteiger partial charge in [0.25, 0.3) is 0 Å². The highest BCUT2D eigenvalue weighted by Gasteiger charge is 2.29. The number of H-pyrrole nitrogens is 2. The molecule has 3 amide bonds. The minimum absolute atomic E-state index is 0.0928. The van der Waals surface area contributed by atoms with Crippen molar-refractivity contribution >= 4 is 51.2 Å². The SMILES string of the molecule is COC(=O)[C@@H]1Cc2c([nH]c3ccccc23)-c2[nH]c3ccccc3c2C[C@H](NC(C)=O)C(=O)NCC(C)=NCC(=O)N1. The summed E-state index contributed by atoms with van der Waals surface area (Å²) in [4.78, 5) is 62.5. The van der Waals surface area contributed by atoms with Gasteiger partial charge in [-0.15, -0.1) is 0 Å². The Morgan fingerprint density at radius 3 is 2.10 bits per heavy atom. The lowest BCUT2D eigenvalue weighted by Gasteiger charge is -2.20. The van der Waals surface area contributed by atoms with Crippen LogP contribution in [0, 0.1) is 0 Å². The maximum absolute atomic E-state index is 13.3. The van der Waals surface area contributed by atoms with E-state index in [-0.39, 0.29) is 37.7 Å². The van der Waals surface area contributed by atoms with Crippen LogP contribution >= 0.6 is 0 Å². The van der Waals surface area contributed by atoms with Crippen LogP contribution < -0.4 is 16.0 Å². The van der Waals surface area contributed by atoms with Gasteiger partial charge in [-0.25, -0.2) is 4.79 Å². The van der Waals surface area contributed by atoms with Crippen LogP contribution in [0.4, 0.5) is 0 Å². The Bertz CT molecular complexity index is 1680. The third-order valence-corrected chi connectivity index (χ3v) is 7.22. The van der Waals surface area contributed by atoms with E-state index >= 15 is 0 Å². The lowest BCUT2D eigenvalue weighted by Crippen LogP contribution is -2.48. The number of benzene rings is 2. The predicted octanol–water partition coefficient (Wildman–Crippen LogP) is 2.15. The van der Waals surface area contributed by atoms with Crippen molar-refractivity contribution in [3.63, 3.8) is 0 Å². The van der Waals surface area contributed by atoms with Crippen molar-refractivity contribution in [3.05, 3.63) is 59.7 Å². The Morgan fingerprint density at radius 1 is 0.927 bits per heavy atom. The topological polar surface area (TPSA) is 158 Å². The van der Waals surface area contributed by atoms with Crippen molar-refractivity contribution in [3.8, 4) is 11.4 Å². The third kappa shape index (κ3) is 5.84. The van der Waals surface area contributed by atoms with Gasteiger partial charge in [0.2, 0.25) is 17.7 Å². The van der Waals surface area contributed by atoms with Crippen LogP contribution in [0.5, 0.6) is 0 Å². The molecule has 11 heteroatoms. The quantitative estimate of drug-likeness (QED) is 0.239. The summed E-state index contributed by atoms with van der Waals surface area (Å²) in [6.45, 7) is 2.93. The van der Waals surface area contributed by atoms with Gasteiger partial charge >= 0.3 is 5.97 Å². The van der Waals surface area contributed by atoms with Crippen LogP contribution in [0.15, 0.2) is 53.5 Å². The molecule has 0 bridgehead atoms. The molecule has 5 rings (SSSR count). The van der Waals surface area contributed by atoms with E-state index in [9.17, 15) is 19.2 Å². The normalized spacial score (nSPS) is 18.6. The largest absolute Gasteiger partial charge is 0.467 e. The van der Waals surface area contributed by atoms with Gasteiger partial charge in [0, 0.05) is 47.3 Å². The number of hydrogen-bond donors (Lipinski definition) is 5. The molecule has 0 fully saturated rings. The number of nitrogens with zero attached hydrogens (tertiary/aromatic N) is 1. The molecule has 2 atom stereocenters. The molecule has 1 aliphatic heterocycles. The average molecular weight is 557 g/mol. The number of para-hydroxylation sites is 2. The summed E-state index contributed by atoms with van der Waals surface area (Å²) in [6.07, 6.45) is 0.345. The fourth-order valence-corrected chi connectivity index (χ4v) is 5.29. The van der Waals surface area contributed by atoms with Crippen LogP contribution in [0.3, 0.4) is 0 Å². The molecule has 11 nitrogen and oxygen atoms in total. The molecule has 2 aromatic carbocycles. The lowest BCUT2D eigenvalue weighted by molar-refractivity contribution is -0.144. The van der Waals surface area contributed by atoms with Crippen molar-refractivity contribution in [1.29, 1.82) is 0 Å². The van der Waals surface area contributed by atoms with Crippen molar-refractivity contribution < 1.29 is 23.9 Å². The van der Waals surface area contributed by atoms with Crippen molar-refractivity contribution in [2.45, 2.75) is 38.8 Å². The Labute approximate surface area is 236 Å². The van der Waals surface area contributed by atoms with Crippen LogP contribution in [0.25, 0.3) is 33.2 Å². The zero-order valence-corrected chi connectivity index (χ0v) is 23.1. The summed E-state index contributed by atoms with van der Waals surface area (Å²) < 4.78 is 5.05. The Morgan fingerprint density at radius 2 is 1.51 bits per heavy atom. The highest BCUT2D eigenvalue weighted by atomic mass is 16.5. The fraction of sp³-hybridized carbons (Fsp3) is 0.300. The number of aliphatic imine (C=N–C) groups is 1. The number of carbonyl (C=O) groups excluding carboxylic acids is 4. The fourth-order valence-electron chi connectivity index (χ4n) is 5.29. The summed E-state index contributed by atoms with van der Waals surface area (Å²) in [7, 11) is 1.28. The number of aromatic nitrogens is 2. The maximum atomic E-state index is 13.3. The molecule has 5 N–H and O–H groups in total. The first-order valence-corrected chi connectivity index (χ1v) is 13.4. The lowest BCUT2D eigenvalue weighted by atomic mass is 9.96. The van der Waals surface area contributed by atoms with Gasteiger partial charge < -0.3 is 30.7 Å². The molecule has 1 aliphatic rings. The highest BCUT2D eigenvalue weighted by molar-refractivity contribution is 5.98. The van der Waals surface area contributed by atoms with Gasteiger partial charge in [0.15, 0.2) is 0 Å². The summed E-state index contributed by atoms with van der Waals surface area (Å²) >= 11 is 0. The van der Waals surface area contributed by atoms with E-state index in [1.165, 1.54) is 14.0 Å². The molecular formula is C30H32N6O5. The maximum Gasteiger partial charge on any atom is 0.328 e. The summed E-state index contributed by atoms with van der Waals surface area (Å²) in [5.41, 5.74) is 5.25. The first-order chi connectivity index (χ1) is 19.7. The number of ether oxygens (including phenoxy) is 1. The molecule has 0 saturated heterocycles. The van der Waals surface area contributed by atoms with E-state index in [1.807, 2.05) is 48.5 Å². The van der Waals surface area contributed by atoms with Gasteiger partial charge in [-0.2, -0.15) is 0 Å². The van der Waals surface area contributed by atoms with Gasteiger partial charge in [0.05, 0.1) is 25.0 Å². The molecule has 0 radical (unpaired) electrons. The monoisotopic (exact) mass is 556 g/mol. The van der Waals surface area contributed by atoms with E-state index in [0.717, 1.165) is 38.6 Å².